The summed E-state index contributed by atoms with van der Waals surface area (Å²) in [5.41, 5.74) is -1.46. The first-order chi connectivity index (χ1) is 9.18. The number of aromatic nitrogens is 1. The monoisotopic (exact) mass is 296 g/mol. The predicted molar refractivity (Wildman–Crippen MR) is 77.7 cm³/mol. The maximum absolute atomic E-state index is 12.4. The van der Waals surface area contributed by atoms with Crippen molar-refractivity contribution in [3.8, 4) is 0 Å². The van der Waals surface area contributed by atoms with E-state index in [9.17, 15) is 14.7 Å². The number of aliphatic carboxylic acids is 1. The molecule has 2 unspecified atom stereocenters. The largest absolute Gasteiger partial charge is 0.481 e. The highest BCUT2D eigenvalue weighted by atomic mass is 32.1. The number of carboxylic acids is 1. The lowest BCUT2D eigenvalue weighted by Crippen LogP contribution is -2.43. The van der Waals surface area contributed by atoms with Gasteiger partial charge < -0.3 is 10.4 Å². The van der Waals surface area contributed by atoms with Crippen LogP contribution in [0.15, 0.2) is 6.20 Å². The second-order valence-electron chi connectivity index (χ2n) is 6.22. The number of anilines is 1. The second-order valence-corrected chi connectivity index (χ2v) is 7.45. The molecule has 20 heavy (non-hydrogen) atoms. The molecule has 5 nitrogen and oxygen atoms in total. The van der Waals surface area contributed by atoms with Gasteiger partial charge in [0.05, 0.1) is 5.41 Å². The Bertz CT molecular complexity index is 552. The molecule has 2 N–H and O–H groups in total. The summed E-state index contributed by atoms with van der Waals surface area (Å²) in [5.74, 6) is -1.27. The van der Waals surface area contributed by atoms with Gasteiger partial charge in [-0.3, -0.25) is 9.59 Å². The topological polar surface area (TPSA) is 79.3 Å². The number of hydrogen-bond donors (Lipinski definition) is 2. The zero-order valence-electron chi connectivity index (χ0n) is 12.2. The molecule has 1 aromatic heterocycles. The molecule has 0 aliphatic heterocycles. The molecule has 6 heteroatoms. The zero-order valence-corrected chi connectivity index (χ0v) is 13.0. The average Bonchev–Trinajstić information content (AvgIpc) is 2.83. The maximum Gasteiger partial charge on any atom is 0.309 e. The number of carboxylic acid groups (broad SMARTS) is 1. The molecule has 1 fully saturated rings. The first-order valence-corrected chi connectivity index (χ1v) is 7.47. The van der Waals surface area contributed by atoms with Gasteiger partial charge in [-0.05, 0) is 32.1 Å². The lowest BCUT2D eigenvalue weighted by atomic mass is 9.65. The van der Waals surface area contributed by atoms with Gasteiger partial charge in [0, 0.05) is 17.0 Å². The number of carbonyl (C=O) groups is 2. The van der Waals surface area contributed by atoms with Gasteiger partial charge in [0.15, 0.2) is 5.13 Å². The van der Waals surface area contributed by atoms with Gasteiger partial charge in [-0.25, -0.2) is 4.98 Å². The lowest BCUT2D eigenvalue weighted by molar-refractivity contribution is -0.154. The van der Waals surface area contributed by atoms with Crippen LogP contribution in [0.25, 0.3) is 0 Å². The molecule has 1 aliphatic carbocycles. The Balaban J connectivity index is 2.18. The Labute approximate surface area is 122 Å². The van der Waals surface area contributed by atoms with Crippen molar-refractivity contribution in [3.05, 3.63) is 11.1 Å². The fraction of sp³-hybridized carbons (Fsp3) is 0.643. The van der Waals surface area contributed by atoms with Gasteiger partial charge in [-0.1, -0.05) is 13.8 Å². The SMILES string of the molecule is Cc1cnc(NC(=O)C2CCC(C)(C(=O)O)C2(C)C)s1. The molecule has 0 spiro atoms. The summed E-state index contributed by atoms with van der Waals surface area (Å²) >= 11 is 1.42. The number of hydrogen-bond acceptors (Lipinski definition) is 4. The van der Waals surface area contributed by atoms with Crippen molar-refractivity contribution in [1.29, 1.82) is 0 Å². The number of aryl methyl sites for hydroxylation is 1. The van der Waals surface area contributed by atoms with Crippen molar-refractivity contribution in [3.63, 3.8) is 0 Å². The van der Waals surface area contributed by atoms with E-state index in [1.807, 2.05) is 20.8 Å². The van der Waals surface area contributed by atoms with Crippen molar-refractivity contribution >= 4 is 28.3 Å². The molecule has 1 saturated carbocycles. The van der Waals surface area contributed by atoms with Crippen molar-refractivity contribution < 1.29 is 14.7 Å². The molecule has 2 atom stereocenters. The van der Waals surface area contributed by atoms with Crippen LogP contribution in [-0.2, 0) is 9.59 Å². The van der Waals surface area contributed by atoms with Crippen LogP contribution in [0.1, 0.15) is 38.5 Å². The number of nitrogens with zero attached hydrogens (tertiary/aromatic N) is 1. The van der Waals surface area contributed by atoms with Crippen LogP contribution in [0.5, 0.6) is 0 Å². The Morgan fingerprint density at radius 1 is 1.45 bits per heavy atom. The number of nitrogens with one attached hydrogen (secondary N) is 1. The number of thiazole rings is 1. The normalized spacial score (nSPS) is 28.3. The summed E-state index contributed by atoms with van der Waals surface area (Å²) in [7, 11) is 0. The van der Waals surface area contributed by atoms with Crippen LogP contribution in [0.3, 0.4) is 0 Å². The van der Waals surface area contributed by atoms with E-state index in [1.54, 1.807) is 13.1 Å². The molecule has 110 valence electrons. The van der Waals surface area contributed by atoms with Crippen molar-refractivity contribution in [2.24, 2.45) is 16.7 Å². The summed E-state index contributed by atoms with van der Waals surface area (Å²) in [5, 5.41) is 12.8. The minimum atomic E-state index is -0.867. The van der Waals surface area contributed by atoms with E-state index in [-0.39, 0.29) is 11.8 Å². The number of amides is 1. The van der Waals surface area contributed by atoms with E-state index in [1.165, 1.54) is 11.3 Å². The van der Waals surface area contributed by atoms with Gasteiger partial charge in [-0.2, -0.15) is 0 Å². The van der Waals surface area contributed by atoms with Crippen LogP contribution in [0.4, 0.5) is 5.13 Å². The van der Waals surface area contributed by atoms with Crippen molar-refractivity contribution in [1.82, 2.24) is 4.98 Å². The summed E-state index contributed by atoms with van der Waals surface area (Å²) in [6.45, 7) is 7.39. The molecule has 0 aromatic carbocycles. The molecule has 0 saturated heterocycles. The van der Waals surface area contributed by atoms with Crippen molar-refractivity contribution in [2.75, 3.05) is 5.32 Å². The summed E-state index contributed by atoms with van der Waals surface area (Å²) in [6, 6.07) is 0. The Morgan fingerprint density at radius 2 is 2.10 bits per heavy atom. The van der Waals surface area contributed by atoms with E-state index in [4.69, 9.17) is 0 Å². The minimum Gasteiger partial charge on any atom is -0.481 e. The summed E-state index contributed by atoms with van der Waals surface area (Å²) in [6.07, 6.45) is 2.82. The third-order valence-electron chi connectivity index (χ3n) is 4.87. The molecule has 1 amide bonds. The average molecular weight is 296 g/mol. The fourth-order valence-electron chi connectivity index (χ4n) is 2.95. The number of rotatable bonds is 3. The molecular formula is C14H20N2O3S. The van der Waals surface area contributed by atoms with Crippen LogP contribution in [0.2, 0.25) is 0 Å². The predicted octanol–water partition coefficient (Wildman–Crippen LogP) is 2.92. The summed E-state index contributed by atoms with van der Waals surface area (Å²) in [4.78, 5) is 29.1. The molecule has 0 radical (unpaired) electrons. The first kappa shape index (κ1) is 15.0. The highest BCUT2D eigenvalue weighted by molar-refractivity contribution is 7.15. The minimum absolute atomic E-state index is 0.130. The second kappa shape index (κ2) is 4.84. The molecule has 1 aliphatic rings. The van der Waals surface area contributed by atoms with E-state index in [0.717, 1.165) is 4.88 Å². The van der Waals surface area contributed by atoms with Gasteiger partial charge >= 0.3 is 5.97 Å². The van der Waals surface area contributed by atoms with E-state index in [2.05, 4.69) is 10.3 Å². The smallest absolute Gasteiger partial charge is 0.309 e. The Hall–Kier alpha value is -1.43. The van der Waals surface area contributed by atoms with Gasteiger partial charge in [0.1, 0.15) is 0 Å². The first-order valence-electron chi connectivity index (χ1n) is 6.65. The van der Waals surface area contributed by atoms with E-state index >= 15 is 0 Å². The fourth-order valence-corrected chi connectivity index (χ4v) is 3.61. The van der Waals surface area contributed by atoms with Gasteiger partial charge in [0.25, 0.3) is 0 Å². The standard InChI is InChI=1S/C14H20N2O3S/c1-8-7-15-12(20-8)16-10(17)9-5-6-14(4,11(18)19)13(9,2)3/h7,9H,5-6H2,1-4H3,(H,18,19)(H,15,16,17). The molecule has 2 rings (SSSR count). The van der Waals surface area contributed by atoms with E-state index < -0.39 is 16.8 Å². The third-order valence-corrected chi connectivity index (χ3v) is 5.69. The highest BCUT2D eigenvalue weighted by Gasteiger charge is 2.58. The van der Waals surface area contributed by atoms with Gasteiger partial charge in [-0.15, -0.1) is 11.3 Å². The molecule has 1 aromatic rings. The van der Waals surface area contributed by atoms with Crippen LogP contribution >= 0.6 is 11.3 Å². The Kier molecular flexibility index (Phi) is 3.62. The molecule has 1 heterocycles. The van der Waals surface area contributed by atoms with Gasteiger partial charge in [0.2, 0.25) is 5.91 Å². The Morgan fingerprint density at radius 3 is 2.55 bits per heavy atom. The maximum atomic E-state index is 12.4. The third kappa shape index (κ3) is 2.22. The van der Waals surface area contributed by atoms with Crippen LogP contribution in [0, 0.1) is 23.7 Å². The zero-order chi connectivity index (χ0) is 15.1. The molecular weight excluding hydrogens is 276 g/mol. The van der Waals surface area contributed by atoms with Crippen LogP contribution in [-0.4, -0.2) is 22.0 Å². The van der Waals surface area contributed by atoms with E-state index in [0.29, 0.717) is 18.0 Å². The highest BCUT2D eigenvalue weighted by Crippen LogP contribution is 2.56. The molecule has 0 bridgehead atoms. The lowest BCUT2D eigenvalue weighted by Gasteiger charge is -2.37. The summed E-state index contributed by atoms with van der Waals surface area (Å²) < 4.78 is 0. The van der Waals surface area contributed by atoms with Crippen molar-refractivity contribution in [2.45, 2.75) is 40.5 Å². The number of carbonyl (C=O) groups excluding carboxylic acids is 1. The van der Waals surface area contributed by atoms with Crippen LogP contribution < -0.4 is 5.32 Å². The quantitative estimate of drug-likeness (QED) is 0.899.